The van der Waals surface area contributed by atoms with Crippen molar-refractivity contribution in [3.05, 3.63) is 151 Å². The van der Waals surface area contributed by atoms with E-state index in [1.54, 1.807) is 0 Å². The third kappa shape index (κ3) is 3.15. The van der Waals surface area contributed by atoms with Crippen molar-refractivity contribution < 1.29 is 4.42 Å². The number of benzene rings is 8. The molecule has 1 aliphatic carbocycles. The minimum absolute atomic E-state index is 0.164. The first-order valence-corrected chi connectivity index (χ1v) is 16.4. The molecular weight excluding hydrogens is 571 g/mol. The molecule has 0 saturated carbocycles. The summed E-state index contributed by atoms with van der Waals surface area (Å²) >= 11 is 0. The second-order valence-electron chi connectivity index (χ2n) is 13.7. The zero-order valence-corrected chi connectivity index (χ0v) is 26.1. The maximum atomic E-state index is 6.39. The summed E-state index contributed by atoms with van der Waals surface area (Å²) in [4.78, 5) is 0. The largest absolute Gasteiger partial charge is 0.456 e. The first-order valence-electron chi connectivity index (χ1n) is 16.4. The molecule has 47 heavy (non-hydrogen) atoms. The summed E-state index contributed by atoms with van der Waals surface area (Å²) in [6.45, 7) is 4.77. The van der Waals surface area contributed by atoms with Crippen molar-refractivity contribution in [3.8, 4) is 28.1 Å². The Kier molecular flexibility index (Phi) is 4.68. The first-order chi connectivity index (χ1) is 23.1. The van der Waals surface area contributed by atoms with Crippen molar-refractivity contribution in [2.75, 3.05) is 0 Å². The smallest absolute Gasteiger partial charge is 0.137 e. The third-order valence-electron chi connectivity index (χ3n) is 10.9. The summed E-state index contributed by atoms with van der Waals surface area (Å²) in [5, 5.41) is 11.5. The molecule has 0 spiro atoms. The Morgan fingerprint density at radius 3 is 2.13 bits per heavy atom. The van der Waals surface area contributed by atoms with Gasteiger partial charge in [-0.2, -0.15) is 0 Å². The lowest BCUT2D eigenvalue weighted by molar-refractivity contribution is 0.666. The van der Waals surface area contributed by atoms with Crippen molar-refractivity contribution >= 4 is 65.2 Å². The highest BCUT2D eigenvalue weighted by molar-refractivity contribution is 6.25. The predicted molar refractivity (Wildman–Crippen MR) is 197 cm³/mol. The van der Waals surface area contributed by atoms with Crippen LogP contribution in [0.3, 0.4) is 0 Å². The van der Waals surface area contributed by atoms with Gasteiger partial charge in [-0.1, -0.05) is 123 Å². The molecule has 2 nitrogen and oxygen atoms in total. The lowest BCUT2D eigenvalue weighted by Gasteiger charge is -2.21. The fourth-order valence-electron chi connectivity index (χ4n) is 8.90. The minimum atomic E-state index is -0.164. The van der Waals surface area contributed by atoms with E-state index in [0.717, 1.165) is 27.6 Å². The van der Waals surface area contributed by atoms with Gasteiger partial charge in [0.2, 0.25) is 0 Å². The molecule has 10 aromatic rings. The average molecular weight is 600 g/mol. The zero-order chi connectivity index (χ0) is 31.0. The van der Waals surface area contributed by atoms with Gasteiger partial charge in [-0.15, -0.1) is 0 Å². The molecule has 8 aromatic carbocycles. The number of furan rings is 1. The average Bonchev–Trinajstić information content (AvgIpc) is 3.73. The summed E-state index contributed by atoms with van der Waals surface area (Å²) in [5.41, 5.74) is 11.9. The van der Waals surface area contributed by atoms with Gasteiger partial charge in [0.25, 0.3) is 0 Å². The fraction of sp³-hybridized carbons (Fsp3) is 0.0667. The number of rotatable bonds is 2. The Morgan fingerprint density at radius 2 is 1.23 bits per heavy atom. The Balaban J connectivity index is 1.26. The van der Waals surface area contributed by atoms with Crippen molar-refractivity contribution in [3.63, 3.8) is 0 Å². The van der Waals surface area contributed by atoms with Crippen LogP contribution in [0, 0.1) is 0 Å². The van der Waals surface area contributed by atoms with Crippen molar-refractivity contribution in [2.24, 2.45) is 0 Å². The van der Waals surface area contributed by atoms with E-state index < -0.39 is 0 Å². The normalized spacial score (nSPS) is 13.9. The minimum Gasteiger partial charge on any atom is -0.456 e. The molecular formula is C45H29NO. The maximum Gasteiger partial charge on any atom is 0.137 e. The second kappa shape index (κ2) is 8.69. The summed E-state index contributed by atoms with van der Waals surface area (Å²) in [7, 11) is 0. The van der Waals surface area contributed by atoms with Crippen LogP contribution in [0.5, 0.6) is 0 Å². The molecule has 0 amide bonds. The molecule has 1 aliphatic rings. The van der Waals surface area contributed by atoms with Crippen LogP contribution in [-0.2, 0) is 5.41 Å². The van der Waals surface area contributed by atoms with Crippen LogP contribution in [0.25, 0.3) is 93.2 Å². The highest BCUT2D eigenvalue weighted by Crippen LogP contribution is 2.55. The standard InChI is InChI=1S/C45H29NO/c1-45(2)35-13-5-3-11-32(35)44-43(45)34-25-29(30-22-19-28-18-17-26-9-7-10-27-20-23-31(30)41(28)40(26)27)21-24-36(34)46(44)37-14-8-16-39-42(37)33-12-4-6-15-38(33)47-39/h3-25H,1-2H3. The van der Waals surface area contributed by atoms with Gasteiger partial charge < -0.3 is 8.98 Å². The first kappa shape index (κ1) is 25.3. The van der Waals surface area contributed by atoms with Crippen molar-refractivity contribution in [1.82, 2.24) is 4.57 Å². The van der Waals surface area contributed by atoms with Crippen LogP contribution in [-0.4, -0.2) is 4.57 Å². The molecule has 0 fully saturated rings. The third-order valence-corrected chi connectivity index (χ3v) is 10.9. The Hall–Kier alpha value is -5.86. The Labute approximate surface area is 271 Å². The van der Waals surface area contributed by atoms with E-state index in [2.05, 4.69) is 152 Å². The second-order valence-corrected chi connectivity index (χ2v) is 13.7. The number of para-hydroxylation sites is 1. The van der Waals surface area contributed by atoms with Crippen LogP contribution in [0.2, 0.25) is 0 Å². The molecule has 2 heteroatoms. The molecule has 0 unspecified atom stereocenters. The maximum absolute atomic E-state index is 6.39. The van der Waals surface area contributed by atoms with Crippen LogP contribution in [0.15, 0.2) is 144 Å². The summed E-state index contributed by atoms with van der Waals surface area (Å²) in [6, 6.07) is 51.4. The SMILES string of the molecule is CC1(C)c2ccccc2-c2c1c1cc(-c3ccc4ccc5cccc6ccc3c4c56)ccc1n2-c1cccc2oc3ccccc3c12. The van der Waals surface area contributed by atoms with Crippen LogP contribution < -0.4 is 0 Å². The summed E-state index contributed by atoms with van der Waals surface area (Å²) < 4.78 is 8.90. The lowest BCUT2D eigenvalue weighted by atomic mass is 9.81. The van der Waals surface area contributed by atoms with Gasteiger partial charge >= 0.3 is 0 Å². The monoisotopic (exact) mass is 599 g/mol. The number of hydrogen-bond donors (Lipinski definition) is 0. The van der Waals surface area contributed by atoms with Crippen LogP contribution in [0.1, 0.15) is 25.0 Å². The van der Waals surface area contributed by atoms with Crippen LogP contribution >= 0.6 is 0 Å². The topological polar surface area (TPSA) is 18.1 Å². The molecule has 0 bridgehead atoms. The number of nitrogens with zero attached hydrogens (tertiary/aromatic N) is 1. The van der Waals surface area contributed by atoms with E-state index in [1.807, 2.05) is 6.07 Å². The highest BCUT2D eigenvalue weighted by atomic mass is 16.3. The van der Waals surface area contributed by atoms with Crippen molar-refractivity contribution in [2.45, 2.75) is 19.3 Å². The lowest BCUT2D eigenvalue weighted by Crippen LogP contribution is -2.14. The molecule has 0 radical (unpaired) electrons. The van der Waals surface area contributed by atoms with E-state index in [-0.39, 0.29) is 5.41 Å². The van der Waals surface area contributed by atoms with Gasteiger partial charge in [0, 0.05) is 21.8 Å². The van der Waals surface area contributed by atoms with E-state index in [0.29, 0.717) is 0 Å². The number of hydrogen-bond acceptors (Lipinski definition) is 1. The fourth-order valence-corrected chi connectivity index (χ4v) is 8.90. The molecule has 220 valence electrons. The predicted octanol–water partition coefficient (Wildman–Crippen LogP) is 12.4. The molecule has 0 saturated heterocycles. The van der Waals surface area contributed by atoms with E-state index in [4.69, 9.17) is 4.42 Å². The molecule has 0 atom stereocenters. The molecule has 2 aromatic heterocycles. The summed E-state index contributed by atoms with van der Waals surface area (Å²) in [6.07, 6.45) is 0. The zero-order valence-electron chi connectivity index (χ0n) is 26.1. The van der Waals surface area contributed by atoms with Gasteiger partial charge in [-0.3, -0.25) is 0 Å². The molecule has 2 heterocycles. The van der Waals surface area contributed by atoms with Gasteiger partial charge in [-0.05, 0) is 84.9 Å². The van der Waals surface area contributed by atoms with E-state index in [1.165, 1.54) is 76.7 Å². The van der Waals surface area contributed by atoms with Gasteiger partial charge in [-0.25, -0.2) is 0 Å². The molecule has 11 rings (SSSR count). The van der Waals surface area contributed by atoms with Gasteiger partial charge in [0.05, 0.1) is 22.3 Å². The number of fused-ring (bicyclic) bond motifs is 8. The van der Waals surface area contributed by atoms with Gasteiger partial charge in [0.15, 0.2) is 0 Å². The molecule has 0 aliphatic heterocycles. The molecule has 0 N–H and O–H groups in total. The Morgan fingerprint density at radius 1 is 0.511 bits per heavy atom. The summed E-state index contributed by atoms with van der Waals surface area (Å²) in [5.74, 6) is 0. The van der Waals surface area contributed by atoms with E-state index in [9.17, 15) is 0 Å². The Bertz CT molecular complexity index is 2920. The highest BCUT2D eigenvalue weighted by Gasteiger charge is 2.40. The van der Waals surface area contributed by atoms with Crippen molar-refractivity contribution in [1.29, 1.82) is 0 Å². The van der Waals surface area contributed by atoms with E-state index >= 15 is 0 Å². The quantitative estimate of drug-likeness (QED) is 0.181. The van der Waals surface area contributed by atoms with Gasteiger partial charge in [0.1, 0.15) is 11.2 Å². The number of aromatic nitrogens is 1. The van der Waals surface area contributed by atoms with Crippen LogP contribution in [0.4, 0.5) is 0 Å².